The lowest BCUT2D eigenvalue weighted by Crippen LogP contribution is -2.39. The minimum absolute atomic E-state index is 0.0478. The summed E-state index contributed by atoms with van der Waals surface area (Å²) in [7, 11) is 0. The molecule has 0 spiro atoms. The average Bonchev–Trinajstić information content (AvgIpc) is 3.20. The Labute approximate surface area is 160 Å². The van der Waals surface area contributed by atoms with Crippen LogP contribution >= 0.6 is 11.3 Å². The maximum absolute atomic E-state index is 12.4. The van der Waals surface area contributed by atoms with Gasteiger partial charge in [0.25, 0.3) is 5.91 Å². The molecule has 7 nitrogen and oxygen atoms in total. The van der Waals surface area contributed by atoms with Crippen LogP contribution in [0.2, 0.25) is 0 Å². The summed E-state index contributed by atoms with van der Waals surface area (Å²) in [6, 6.07) is 7.69. The number of aromatic nitrogens is 3. The molecule has 136 valence electrons. The SMILES string of the molecule is N#Cc1nccnc1N1CCC(CNC(=O)c2ccc3ncsc3c2)CC1. The number of nitriles is 1. The average molecular weight is 378 g/mol. The molecule has 0 saturated carbocycles. The number of nitrogens with one attached hydrogen (secondary N) is 1. The standard InChI is InChI=1S/C19H18N6OS/c20-10-16-18(22-6-5-21-16)25-7-3-13(4-8-25)11-23-19(26)14-1-2-15-17(9-14)27-12-24-15/h1-2,5-6,9,12-13H,3-4,7-8,11H2,(H,23,26). The summed E-state index contributed by atoms with van der Waals surface area (Å²) in [5.41, 5.74) is 3.74. The zero-order chi connectivity index (χ0) is 18.6. The molecule has 27 heavy (non-hydrogen) atoms. The summed E-state index contributed by atoms with van der Waals surface area (Å²) < 4.78 is 1.02. The highest BCUT2D eigenvalue weighted by atomic mass is 32.1. The molecule has 4 rings (SSSR count). The van der Waals surface area contributed by atoms with E-state index in [4.69, 9.17) is 0 Å². The molecular formula is C19H18N6OS. The Morgan fingerprint density at radius 1 is 1.26 bits per heavy atom. The van der Waals surface area contributed by atoms with Crippen molar-refractivity contribution >= 4 is 33.3 Å². The van der Waals surface area contributed by atoms with Gasteiger partial charge in [-0.1, -0.05) is 0 Å². The smallest absolute Gasteiger partial charge is 0.251 e. The first-order valence-electron chi connectivity index (χ1n) is 8.82. The van der Waals surface area contributed by atoms with Gasteiger partial charge in [0.05, 0.1) is 15.7 Å². The van der Waals surface area contributed by atoms with Crippen molar-refractivity contribution in [2.24, 2.45) is 5.92 Å². The highest BCUT2D eigenvalue weighted by Crippen LogP contribution is 2.23. The minimum atomic E-state index is -0.0478. The quantitative estimate of drug-likeness (QED) is 0.750. The number of anilines is 1. The summed E-state index contributed by atoms with van der Waals surface area (Å²) >= 11 is 1.54. The number of carbonyl (C=O) groups is 1. The number of benzene rings is 1. The van der Waals surface area contributed by atoms with Crippen LogP contribution in [0.3, 0.4) is 0 Å². The Morgan fingerprint density at radius 2 is 2.07 bits per heavy atom. The van der Waals surface area contributed by atoms with Crippen LogP contribution in [0.1, 0.15) is 28.9 Å². The van der Waals surface area contributed by atoms with E-state index in [1.54, 1.807) is 11.7 Å². The highest BCUT2D eigenvalue weighted by molar-refractivity contribution is 7.16. The molecule has 1 saturated heterocycles. The van der Waals surface area contributed by atoms with Crippen molar-refractivity contribution in [1.82, 2.24) is 20.3 Å². The molecule has 0 unspecified atom stereocenters. The molecule has 8 heteroatoms. The number of piperidine rings is 1. The van der Waals surface area contributed by atoms with Gasteiger partial charge < -0.3 is 10.2 Å². The number of hydrogen-bond donors (Lipinski definition) is 1. The Hall–Kier alpha value is -3.05. The van der Waals surface area contributed by atoms with E-state index in [1.165, 1.54) is 17.5 Å². The molecule has 1 amide bonds. The summed E-state index contributed by atoms with van der Waals surface area (Å²) in [4.78, 5) is 27.1. The molecule has 1 aliphatic rings. The lowest BCUT2D eigenvalue weighted by Gasteiger charge is -2.32. The number of fused-ring (bicyclic) bond motifs is 1. The predicted molar refractivity (Wildman–Crippen MR) is 104 cm³/mol. The van der Waals surface area contributed by atoms with E-state index < -0.39 is 0 Å². The molecular weight excluding hydrogens is 360 g/mol. The van der Waals surface area contributed by atoms with E-state index in [9.17, 15) is 10.1 Å². The summed E-state index contributed by atoms with van der Waals surface area (Å²) in [6.45, 7) is 2.26. The van der Waals surface area contributed by atoms with E-state index in [1.807, 2.05) is 18.2 Å². The van der Waals surface area contributed by atoms with Crippen LogP contribution in [0.4, 0.5) is 5.82 Å². The van der Waals surface area contributed by atoms with Crippen molar-refractivity contribution in [2.45, 2.75) is 12.8 Å². The van der Waals surface area contributed by atoms with Gasteiger partial charge in [0, 0.05) is 37.6 Å². The van der Waals surface area contributed by atoms with Crippen molar-refractivity contribution < 1.29 is 4.79 Å². The Bertz CT molecular complexity index is 1000. The third-order valence-corrected chi connectivity index (χ3v) is 5.64. The third kappa shape index (κ3) is 3.73. The second-order valence-corrected chi connectivity index (χ2v) is 7.40. The molecule has 0 radical (unpaired) electrons. The second-order valence-electron chi connectivity index (χ2n) is 6.52. The van der Waals surface area contributed by atoms with E-state index >= 15 is 0 Å². The van der Waals surface area contributed by atoms with Crippen molar-refractivity contribution in [3.8, 4) is 6.07 Å². The largest absolute Gasteiger partial charge is 0.354 e. The zero-order valence-electron chi connectivity index (χ0n) is 14.6. The molecule has 0 atom stereocenters. The van der Waals surface area contributed by atoms with Crippen LogP contribution in [0, 0.1) is 17.2 Å². The number of nitrogens with zero attached hydrogens (tertiary/aromatic N) is 5. The minimum Gasteiger partial charge on any atom is -0.354 e. The molecule has 3 aromatic rings. The Balaban J connectivity index is 1.31. The van der Waals surface area contributed by atoms with Crippen molar-refractivity contribution in [3.63, 3.8) is 0 Å². The fraction of sp³-hybridized carbons (Fsp3) is 0.316. The normalized spacial score (nSPS) is 14.9. The highest BCUT2D eigenvalue weighted by Gasteiger charge is 2.23. The maximum atomic E-state index is 12.4. The van der Waals surface area contributed by atoms with E-state index in [2.05, 4.69) is 31.2 Å². The van der Waals surface area contributed by atoms with Crippen LogP contribution in [0.25, 0.3) is 10.2 Å². The lowest BCUT2D eigenvalue weighted by atomic mass is 9.96. The molecule has 3 heterocycles. The summed E-state index contributed by atoms with van der Waals surface area (Å²) in [5, 5.41) is 12.2. The van der Waals surface area contributed by atoms with Gasteiger partial charge in [-0.15, -0.1) is 11.3 Å². The first-order valence-corrected chi connectivity index (χ1v) is 9.70. The fourth-order valence-electron chi connectivity index (χ4n) is 3.33. The first-order chi connectivity index (χ1) is 13.2. The van der Waals surface area contributed by atoms with Crippen molar-refractivity contribution in [1.29, 1.82) is 5.26 Å². The molecule has 1 aromatic carbocycles. The van der Waals surface area contributed by atoms with Gasteiger partial charge in [-0.3, -0.25) is 4.79 Å². The van der Waals surface area contributed by atoms with Gasteiger partial charge in [0.2, 0.25) is 0 Å². The number of thiazole rings is 1. The van der Waals surface area contributed by atoms with E-state index in [-0.39, 0.29) is 5.91 Å². The van der Waals surface area contributed by atoms with Crippen molar-refractivity contribution in [2.75, 3.05) is 24.5 Å². The van der Waals surface area contributed by atoms with Gasteiger partial charge >= 0.3 is 0 Å². The number of carbonyl (C=O) groups excluding carboxylic acids is 1. The number of rotatable bonds is 4. The fourth-order valence-corrected chi connectivity index (χ4v) is 4.04. The van der Waals surface area contributed by atoms with Gasteiger partial charge in [-0.05, 0) is 37.0 Å². The third-order valence-electron chi connectivity index (χ3n) is 4.84. The van der Waals surface area contributed by atoms with Crippen LogP contribution in [0.5, 0.6) is 0 Å². The van der Waals surface area contributed by atoms with Crippen molar-refractivity contribution in [3.05, 3.63) is 47.4 Å². The molecule has 2 aromatic heterocycles. The van der Waals surface area contributed by atoms with Crippen LogP contribution in [-0.4, -0.2) is 40.5 Å². The number of hydrogen-bond acceptors (Lipinski definition) is 7. The maximum Gasteiger partial charge on any atom is 0.251 e. The van der Waals surface area contributed by atoms with Gasteiger partial charge in [0.1, 0.15) is 6.07 Å². The van der Waals surface area contributed by atoms with Crippen LogP contribution in [0.15, 0.2) is 36.1 Å². The molecule has 1 fully saturated rings. The second kappa shape index (κ2) is 7.68. The molecule has 1 N–H and O–H groups in total. The van der Waals surface area contributed by atoms with Gasteiger partial charge in [0.15, 0.2) is 11.5 Å². The Kier molecular flexibility index (Phi) is 4.94. The topological polar surface area (TPSA) is 94.8 Å². The van der Waals surface area contributed by atoms with Gasteiger partial charge in [-0.2, -0.15) is 5.26 Å². The van der Waals surface area contributed by atoms with E-state index in [0.717, 1.165) is 36.1 Å². The predicted octanol–water partition coefficient (Wildman–Crippen LogP) is 2.60. The molecule has 1 aliphatic heterocycles. The van der Waals surface area contributed by atoms with E-state index in [0.29, 0.717) is 29.5 Å². The summed E-state index contributed by atoms with van der Waals surface area (Å²) in [6.07, 6.45) is 5.03. The zero-order valence-corrected chi connectivity index (χ0v) is 15.4. The molecule has 0 bridgehead atoms. The lowest BCUT2D eigenvalue weighted by molar-refractivity contribution is 0.0945. The number of amides is 1. The van der Waals surface area contributed by atoms with Crippen LogP contribution in [-0.2, 0) is 0 Å². The summed E-state index contributed by atoms with van der Waals surface area (Å²) in [5.74, 6) is 1.02. The molecule has 0 aliphatic carbocycles. The van der Waals surface area contributed by atoms with Gasteiger partial charge in [-0.25, -0.2) is 15.0 Å². The Morgan fingerprint density at radius 3 is 2.89 bits per heavy atom. The first kappa shape index (κ1) is 17.4. The monoisotopic (exact) mass is 378 g/mol. The van der Waals surface area contributed by atoms with Crippen LogP contribution < -0.4 is 10.2 Å².